The van der Waals surface area contributed by atoms with Crippen LogP contribution >= 0.6 is 0 Å². The second-order valence-electron chi connectivity index (χ2n) is 5.51. The van der Waals surface area contributed by atoms with E-state index in [1.165, 1.54) is 0 Å². The second-order valence-corrected chi connectivity index (χ2v) is 5.51. The number of hydrogen-bond acceptors (Lipinski definition) is 6. The van der Waals surface area contributed by atoms with Crippen LogP contribution in [-0.4, -0.2) is 58.8 Å². The van der Waals surface area contributed by atoms with Gasteiger partial charge in [0.1, 0.15) is 5.69 Å². The van der Waals surface area contributed by atoms with Crippen molar-refractivity contribution in [2.24, 2.45) is 4.99 Å². The number of piperazine rings is 1. The fraction of sp³-hybridized carbons (Fsp3) is 0.312. The summed E-state index contributed by atoms with van der Waals surface area (Å²) in [6, 6.07) is 7.76. The smallest absolute Gasteiger partial charge is 0.249 e. The van der Waals surface area contributed by atoms with Crippen LogP contribution in [0.2, 0.25) is 0 Å². The fourth-order valence-electron chi connectivity index (χ4n) is 2.70. The van der Waals surface area contributed by atoms with E-state index < -0.39 is 0 Å². The minimum atomic E-state index is 0.519. The first-order chi connectivity index (χ1) is 10.8. The van der Waals surface area contributed by atoms with Gasteiger partial charge in [0.05, 0.1) is 0 Å². The summed E-state index contributed by atoms with van der Waals surface area (Å²) in [6.07, 6.45) is 3.33. The molecule has 0 radical (unpaired) electrons. The Kier molecular flexibility index (Phi) is 3.23. The van der Waals surface area contributed by atoms with E-state index in [1.807, 2.05) is 24.3 Å². The maximum Gasteiger partial charge on any atom is 0.249 e. The van der Waals surface area contributed by atoms with Gasteiger partial charge in [0.25, 0.3) is 0 Å². The van der Waals surface area contributed by atoms with Gasteiger partial charge in [-0.25, -0.2) is 15.0 Å². The molecular formula is C16H17N5O. The summed E-state index contributed by atoms with van der Waals surface area (Å²) in [5.74, 6) is 2.08. The van der Waals surface area contributed by atoms with E-state index in [4.69, 9.17) is 9.73 Å². The highest BCUT2D eigenvalue weighted by atomic mass is 16.5. The highest BCUT2D eigenvalue weighted by Crippen LogP contribution is 2.36. The largest absolute Gasteiger partial charge is 0.435 e. The van der Waals surface area contributed by atoms with Gasteiger partial charge < -0.3 is 14.5 Å². The summed E-state index contributed by atoms with van der Waals surface area (Å²) in [5, 5.41) is 0. The predicted molar refractivity (Wildman–Crippen MR) is 83.8 cm³/mol. The van der Waals surface area contributed by atoms with Crippen LogP contribution in [0.25, 0.3) is 0 Å². The Bertz CT molecular complexity index is 722. The zero-order valence-electron chi connectivity index (χ0n) is 12.4. The zero-order valence-corrected chi connectivity index (χ0v) is 12.4. The molecule has 6 nitrogen and oxygen atoms in total. The van der Waals surface area contributed by atoms with Crippen LogP contribution in [0, 0.1) is 0 Å². The summed E-state index contributed by atoms with van der Waals surface area (Å²) in [7, 11) is 2.14. The Labute approximate surface area is 129 Å². The highest BCUT2D eigenvalue weighted by Gasteiger charge is 2.26. The lowest BCUT2D eigenvalue weighted by Crippen LogP contribution is -2.47. The molecular weight excluding hydrogens is 278 g/mol. The van der Waals surface area contributed by atoms with Crippen molar-refractivity contribution in [3.63, 3.8) is 0 Å². The van der Waals surface area contributed by atoms with Crippen molar-refractivity contribution in [1.82, 2.24) is 19.8 Å². The molecule has 0 amide bonds. The highest BCUT2D eigenvalue weighted by molar-refractivity contribution is 6.01. The molecule has 0 N–H and O–H groups in total. The van der Waals surface area contributed by atoms with E-state index in [9.17, 15) is 0 Å². The van der Waals surface area contributed by atoms with Crippen LogP contribution in [0.1, 0.15) is 5.69 Å². The summed E-state index contributed by atoms with van der Waals surface area (Å²) in [4.78, 5) is 18.2. The number of hydrogen-bond donors (Lipinski definition) is 0. The van der Waals surface area contributed by atoms with Gasteiger partial charge in [-0.3, -0.25) is 0 Å². The average Bonchev–Trinajstić information content (AvgIpc) is 2.72. The van der Waals surface area contributed by atoms with E-state index in [0.29, 0.717) is 17.3 Å². The molecule has 112 valence electrons. The molecule has 0 unspecified atom stereocenters. The number of aromatic nitrogens is 2. The van der Waals surface area contributed by atoms with E-state index in [0.717, 1.165) is 37.7 Å². The van der Waals surface area contributed by atoms with Gasteiger partial charge in [-0.2, -0.15) is 0 Å². The monoisotopic (exact) mass is 295 g/mol. The van der Waals surface area contributed by atoms with Gasteiger partial charge in [-0.1, -0.05) is 12.1 Å². The third-order valence-electron chi connectivity index (χ3n) is 3.98. The van der Waals surface area contributed by atoms with Gasteiger partial charge in [0.15, 0.2) is 17.3 Å². The third kappa shape index (κ3) is 2.31. The Hall–Kier alpha value is -2.47. The fourth-order valence-corrected chi connectivity index (χ4v) is 2.70. The van der Waals surface area contributed by atoms with Crippen molar-refractivity contribution in [3.05, 3.63) is 42.4 Å². The number of nitrogens with zero attached hydrogens (tertiary/aromatic N) is 5. The molecule has 22 heavy (non-hydrogen) atoms. The van der Waals surface area contributed by atoms with Gasteiger partial charge in [0.2, 0.25) is 5.88 Å². The number of rotatable bonds is 0. The van der Waals surface area contributed by atoms with Gasteiger partial charge in [0, 0.05) is 38.6 Å². The number of fused-ring (bicyclic) bond motifs is 2. The predicted octanol–water partition coefficient (Wildman–Crippen LogP) is 1.91. The lowest BCUT2D eigenvalue weighted by molar-refractivity contribution is 0.215. The van der Waals surface area contributed by atoms with Crippen LogP contribution < -0.4 is 4.74 Å². The van der Waals surface area contributed by atoms with Crippen LogP contribution in [0.5, 0.6) is 11.6 Å². The van der Waals surface area contributed by atoms with Crippen molar-refractivity contribution >= 4 is 11.5 Å². The summed E-state index contributed by atoms with van der Waals surface area (Å²) < 4.78 is 5.92. The normalized spacial score (nSPS) is 17.9. The van der Waals surface area contributed by atoms with E-state index in [-0.39, 0.29) is 0 Å². The Morgan fingerprint density at radius 3 is 2.64 bits per heavy atom. The number of benzene rings is 1. The van der Waals surface area contributed by atoms with Crippen LogP contribution in [0.3, 0.4) is 0 Å². The number of para-hydroxylation sites is 2. The molecule has 3 heterocycles. The molecule has 0 bridgehead atoms. The van der Waals surface area contributed by atoms with E-state index >= 15 is 0 Å². The third-order valence-corrected chi connectivity index (χ3v) is 3.98. The Balaban J connectivity index is 1.82. The summed E-state index contributed by atoms with van der Waals surface area (Å²) in [6.45, 7) is 3.87. The lowest BCUT2D eigenvalue weighted by atomic mass is 10.2. The van der Waals surface area contributed by atoms with Crippen LogP contribution in [-0.2, 0) is 0 Å². The molecule has 2 aromatic rings. The SMILES string of the molecule is CN1CCN(C2=Nc3ccccc3Oc3nccnc32)CC1. The van der Waals surface area contributed by atoms with Crippen molar-refractivity contribution in [2.45, 2.75) is 0 Å². The first kappa shape index (κ1) is 13.2. The van der Waals surface area contributed by atoms with Crippen molar-refractivity contribution in [2.75, 3.05) is 33.2 Å². The molecule has 0 saturated carbocycles. The first-order valence-electron chi connectivity index (χ1n) is 7.42. The number of likely N-dealkylation sites (N-methyl/N-ethyl adjacent to an activating group) is 1. The molecule has 0 spiro atoms. The van der Waals surface area contributed by atoms with E-state index in [1.54, 1.807) is 12.4 Å². The lowest BCUT2D eigenvalue weighted by Gasteiger charge is -2.34. The summed E-state index contributed by atoms with van der Waals surface area (Å²) >= 11 is 0. The Morgan fingerprint density at radius 1 is 1.00 bits per heavy atom. The number of aliphatic imine (C=N–C) groups is 1. The second kappa shape index (κ2) is 5.38. The number of amidine groups is 1. The molecule has 1 fully saturated rings. The van der Waals surface area contributed by atoms with Crippen molar-refractivity contribution in [1.29, 1.82) is 0 Å². The van der Waals surface area contributed by atoms with Crippen molar-refractivity contribution < 1.29 is 4.74 Å². The van der Waals surface area contributed by atoms with Crippen molar-refractivity contribution in [3.8, 4) is 11.6 Å². The quantitative estimate of drug-likeness (QED) is 0.743. The number of ether oxygens (including phenoxy) is 1. The molecule has 1 saturated heterocycles. The molecule has 2 aliphatic rings. The van der Waals surface area contributed by atoms with Gasteiger partial charge >= 0.3 is 0 Å². The summed E-state index contributed by atoms with van der Waals surface area (Å²) in [5.41, 5.74) is 1.53. The molecule has 2 aliphatic heterocycles. The van der Waals surface area contributed by atoms with Gasteiger partial charge in [-0.05, 0) is 19.2 Å². The molecule has 0 atom stereocenters. The van der Waals surface area contributed by atoms with Crippen LogP contribution in [0.15, 0.2) is 41.7 Å². The molecule has 6 heteroatoms. The maximum absolute atomic E-state index is 5.92. The minimum Gasteiger partial charge on any atom is -0.435 e. The molecule has 1 aromatic carbocycles. The average molecular weight is 295 g/mol. The minimum absolute atomic E-state index is 0.519. The zero-order chi connectivity index (χ0) is 14.9. The molecule has 4 rings (SSSR count). The molecule has 1 aromatic heterocycles. The first-order valence-corrected chi connectivity index (χ1v) is 7.42. The standard InChI is InChI=1S/C16H17N5O/c1-20-8-10-21(11-9-20)15-14-16(18-7-6-17-14)22-13-5-3-2-4-12(13)19-15/h2-7H,8-11H2,1H3. The topological polar surface area (TPSA) is 53.9 Å². The van der Waals surface area contributed by atoms with Crippen LogP contribution in [0.4, 0.5) is 5.69 Å². The maximum atomic E-state index is 5.92. The Morgan fingerprint density at radius 2 is 1.77 bits per heavy atom. The van der Waals surface area contributed by atoms with Gasteiger partial charge in [-0.15, -0.1) is 0 Å². The van der Waals surface area contributed by atoms with E-state index in [2.05, 4.69) is 26.8 Å². The molecule has 0 aliphatic carbocycles.